The molecule has 3 aromatic carbocycles. The molecule has 0 fully saturated rings. The van der Waals surface area contributed by atoms with E-state index in [1.807, 2.05) is 30.3 Å². The SMILES string of the molecule is O=Cc1ccccc1OCc1ccccc1COc1ccc2[nH]c(C(=O)O)cc2c1. The van der Waals surface area contributed by atoms with Gasteiger partial charge >= 0.3 is 5.97 Å². The summed E-state index contributed by atoms with van der Waals surface area (Å²) in [5, 5.41) is 9.88. The van der Waals surface area contributed by atoms with E-state index >= 15 is 0 Å². The number of hydrogen-bond acceptors (Lipinski definition) is 4. The first-order chi connectivity index (χ1) is 14.6. The van der Waals surface area contributed by atoms with Gasteiger partial charge in [-0.1, -0.05) is 36.4 Å². The molecule has 0 aliphatic carbocycles. The van der Waals surface area contributed by atoms with Crippen molar-refractivity contribution < 1.29 is 24.2 Å². The maximum atomic E-state index is 11.2. The molecular formula is C24H19NO5. The Morgan fingerprint density at radius 2 is 1.60 bits per heavy atom. The summed E-state index contributed by atoms with van der Waals surface area (Å²) in [6.07, 6.45) is 0.775. The average molecular weight is 401 g/mol. The van der Waals surface area contributed by atoms with E-state index in [4.69, 9.17) is 14.6 Å². The minimum Gasteiger partial charge on any atom is -0.489 e. The summed E-state index contributed by atoms with van der Waals surface area (Å²) < 4.78 is 11.8. The van der Waals surface area contributed by atoms with Crippen molar-refractivity contribution in [1.29, 1.82) is 0 Å². The summed E-state index contributed by atoms with van der Waals surface area (Å²) >= 11 is 0. The number of aromatic nitrogens is 1. The number of hydrogen-bond donors (Lipinski definition) is 2. The molecule has 0 unspecified atom stereocenters. The fourth-order valence-corrected chi connectivity index (χ4v) is 3.18. The minimum atomic E-state index is -1.00. The van der Waals surface area contributed by atoms with Crippen molar-refractivity contribution in [3.05, 3.63) is 95.2 Å². The van der Waals surface area contributed by atoms with Crippen LogP contribution in [0.1, 0.15) is 32.0 Å². The van der Waals surface area contributed by atoms with E-state index in [1.165, 1.54) is 0 Å². The van der Waals surface area contributed by atoms with E-state index in [9.17, 15) is 9.59 Å². The predicted octanol–water partition coefficient (Wildman–Crippen LogP) is 4.84. The molecular weight excluding hydrogens is 382 g/mol. The smallest absolute Gasteiger partial charge is 0.352 e. The molecule has 0 aliphatic rings. The van der Waals surface area contributed by atoms with Crippen LogP contribution in [0, 0.1) is 0 Å². The van der Waals surface area contributed by atoms with Crippen molar-refractivity contribution in [3.8, 4) is 11.5 Å². The van der Waals surface area contributed by atoms with Crippen LogP contribution < -0.4 is 9.47 Å². The fourth-order valence-electron chi connectivity index (χ4n) is 3.18. The second kappa shape index (κ2) is 8.53. The predicted molar refractivity (Wildman–Crippen MR) is 112 cm³/mol. The summed E-state index contributed by atoms with van der Waals surface area (Å²) in [6, 6.07) is 21.8. The molecule has 0 amide bonds. The molecule has 4 rings (SSSR count). The number of para-hydroxylation sites is 1. The summed E-state index contributed by atoms with van der Waals surface area (Å²) in [5.41, 5.74) is 3.30. The van der Waals surface area contributed by atoms with Crippen molar-refractivity contribution in [3.63, 3.8) is 0 Å². The Labute approximate surface area is 172 Å². The number of H-pyrrole nitrogens is 1. The molecule has 6 heteroatoms. The molecule has 0 atom stereocenters. The molecule has 0 spiro atoms. The highest BCUT2D eigenvalue weighted by Crippen LogP contribution is 2.24. The lowest BCUT2D eigenvalue weighted by molar-refractivity contribution is 0.0691. The number of carboxylic acid groups (broad SMARTS) is 1. The number of aromatic amines is 1. The first kappa shape index (κ1) is 19.3. The van der Waals surface area contributed by atoms with Gasteiger partial charge in [-0.05, 0) is 47.5 Å². The summed E-state index contributed by atoms with van der Waals surface area (Å²) in [5.74, 6) is 0.176. The number of rotatable bonds is 8. The van der Waals surface area contributed by atoms with Crippen LogP contribution in [-0.4, -0.2) is 22.3 Å². The highest BCUT2D eigenvalue weighted by atomic mass is 16.5. The van der Waals surface area contributed by atoms with Crippen molar-refractivity contribution in [2.75, 3.05) is 0 Å². The lowest BCUT2D eigenvalue weighted by Crippen LogP contribution is -2.04. The number of carbonyl (C=O) groups excluding carboxylic acids is 1. The first-order valence-corrected chi connectivity index (χ1v) is 9.36. The largest absolute Gasteiger partial charge is 0.489 e. The van der Waals surface area contributed by atoms with Gasteiger partial charge in [-0.15, -0.1) is 0 Å². The monoisotopic (exact) mass is 401 g/mol. The number of ether oxygens (including phenoxy) is 2. The van der Waals surface area contributed by atoms with Crippen LogP contribution in [0.3, 0.4) is 0 Å². The topological polar surface area (TPSA) is 88.6 Å². The Morgan fingerprint density at radius 1 is 0.900 bits per heavy atom. The molecule has 150 valence electrons. The number of carbonyl (C=O) groups is 2. The van der Waals surface area contributed by atoms with Crippen molar-refractivity contribution in [2.45, 2.75) is 13.2 Å². The molecule has 0 saturated carbocycles. The van der Waals surface area contributed by atoms with Crippen LogP contribution in [0.4, 0.5) is 0 Å². The molecule has 0 aliphatic heterocycles. The van der Waals surface area contributed by atoms with Gasteiger partial charge in [0.2, 0.25) is 0 Å². The standard InChI is InChI=1S/C24H19NO5/c26-13-16-5-3-4-8-23(16)30-15-18-7-2-1-6-17(18)14-29-20-9-10-21-19(11-20)12-22(25-21)24(27)28/h1-13,25H,14-15H2,(H,27,28). The maximum absolute atomic E-state index is 11.2. The lowest BCUT2D eigenvalue weighted by atomic mass is 10.1. The summed E-state index contributed by atoms with van der Waals surface area (Å²) in [7, 11) is 0. The third-order valence-electron chi connectivity index (χ3n) is 4.76. The molecule has 2 N–H and O–H groups in total. The quantitative estimate of drug-likeness (QED) is 0.413. The summed E-state index contributed by atoms with van der Waals surface area (Å²) in [6.45, 7) is 0.639. The van der Waals surface area contributed by atoms with Gasteiger partial charge in [-0.25, -0.2) is 4.79 Å². The highest BCUT2D eigenvalue weighted by molar-refractivity contribution is 5.94. The zero-order valence-electron chi connectivity index (χ0n) is 16.0. The highest BCUT2D eigenvalue weighted by Gasteiger charge is 2.09. The number of nitrogens with one attached hydrogen (secondary N) is 1. The molecule has 6 nitrogen and oxygen atoms in total. The van der Waals surface area contributed by atoms with Crippen LogP contribution >= 0.6 is 0 Å². The molecule has 4 aromatic rings. The Bertz CT molecular complexity index is 1210. The number of aldehydes is 1. The van der Waals surface area contributed by atoms with Gasteiger partial charge in [0.15, 0.2) is 6.29 Å². The van der Waals surface area contributed by atoms with Gasteiger partial charge in [-0.2, -0.15) is 0 Å². The minimum absolute atomic E-state index is 0.139. The molecule has 0 saturated heterocycles. The Kier molecular flexibility index (Phi) is 5.48. The second-order valence-electron chi connectivity index (χ2n) is 6.74. The van der Waals surface area contributed by atoms with E-state index in [2.05, 4.69) is 4.98 Å². The van der Waals surface area contributed by atoms with Gasteiger partial charge in [0.1, 0.15) is 30.4 Å². The van der Waals surface area contributed by atoms with Crippen LogP contribution in [0.5, 0.6) is 11.5 Å². The number of benzene rings is 3. The van der Waals surface area contributed by atoms with Gasteiger partial charge in [0.25, 0.3) is 0 Å². The molecule has 0 radical (unpaired) electrons. The Balaban J connectivity index is 1.47. The van der Waals surface area contributed by atoms with Crippen LogP contribution in [0.2, 0.25) is 0 Å². The van der Waals surface area contributed by atoms with Crippen molar-refractivity contribution in [1.82, 2.24) is 4.98 Å². The number of aromatic carboxylic acids is 1. The number of carboxylic acids is 1. The Morgan fingerprint density at radius 3 is 2.33 bits per heavy atom. The maximum Gasteiger partial charge on any atom is 0.352 e. The summed E-state index contributed by atoms with van der Waals surface area (Å²) in [4.78, 5) is 25.1. The van der Waals surface area contributed by atoms with Crippen molar-refractivity contribution >= 4 is 23.2 Å². The van der Waals surface area contributed by atoms with Crippen LogP contribution in [0.15, 0.2) is 72.8 Å². The van der Waals surface area contributed by atoms with Crippen LogP contribution in [0.25, 0.3) is 10.9 Å². The van der Waals surface area contributed by atoms with Crippen molar-refractivity contribution in [2.24, 2.45) is 0 Å². The molecule has 30 heavy (non-hydrogen) atoms. The molecule has 0 bridgehead atoms. The van der Waals surface area contributed by atoms with Gasteiger partial charge in [0, 0.05) is 10.9 Å². The zero-order valence-corrected chi connectivity index (χ0v) is 16.0. The molecule has 1 aromatic heterocycles. The van der Waals surface area contributed by atoms with E-state index in [0.29, 0.717) is 30.3 Å². The van der Waals surface area contributed by atoms with Gasteiger partial charge < -0.3 is 19.6 Å². The first-order valence-electron chi connectivity index (χ1n) is 9.36. The Hall–Kier alpha value is -4.06. The van der Waals surface area contributed by atoms with Gasteiger partial charge in [-0.3, -0.25) is 4.79 Å². The number of fused-ring (bicyclic) bond motifs is 1. The second-order valence-corrected chi connectivity index (χ2v) is 6.74. The van der Waals surface area contributed by atoms with Gasteiger partial charge in [0.05, 0.1) is 5.56 Å². The third-order valence-corrected chi connectivity index (χ3v) is 4.76. The van der Waals surface area contributed by atoms with E-state index in [-0.39, 0.29) is 5.69 Å². The fraction of sp³-hybridized carbons (Fsp3) is 0.0833. The normalized spacial score (nSPS) is 10.7. The van der Waals surface area contributed by atoms with E-state index in [0.717, 1.165) is 28.3 Å². The zero-order chi connectivity index (χ0) is 20.9. The van der Waals surface area contributed by atoms with Crippen LogP contribution in [-0.2, 0) is 13.2 Å². The lowest BCUT2D eigenvalue weighted by Gasteiger charge is -2.13. The third kappa shape index (κ3) is 4.17. The van der Waals surface area contributed by atoms with E-state index in [1.54, 1.807) is 42.5 Å². The van der Waals surface area contributed by atoms with E-state index < -0.39 is 5.97 Å². The average Bonchev–Trinajstić information content (AvgIpc) is 3.21. The molecule has 1 heterocycles.